The maximum Gasteiger partial charge on any atom is 0.416 e. The van der Waals surface area contributed by atoms with E-state index in [9.17, 15) is 22.8 Å². The maximum absolute atomic E-state index is 13.1. The molecule has 144 valence electrons. The second kappa shape index (κ2) is 8.50. The van der Waals surface area contributed by atoms with E-state index < -0.39 is 23.6 Å². The van der Waals surface area contributed by atoms with Gasteiger partial charge in [-0.15, -0.1) is 0 Å². The lowest BCUT2D eigenvalue weighted by Crippen LogP contribution is -2.50. The van der Waals surface area contributed by atoms with E-state index in [0.29, 0.717) is 13.1 Å². The number of hydrogen-bond donors (Lipinski definition) is 1. The molecule has 0 radical (unpaired) electrons. The summed E-state index contributed by atoms with van der Waals surface area (Å²) < 4.78 is 44.7. The van der Waals surface area contributed by atoms with E-state index in [2.05, 4.69) is 0 Å². The largest absolute Gasteiger partial charge is 0.480 e. The Balaban J connectivity index is 1.99. The maximum atomic E-state index is 13.1. The van der Waals surface area contributed by atoms with Crippen LogP contribution in [0.1, 0.15) is 11.1 Å². The summed E-state index contributed by atoms with van der Waals surface area (Å²) in [6, 6.07) is 5.03. The van der Waals surface area contributed by atoms with Crippen molar-refractivity contribution in [3.63, 3.8) is 0 Å². The number of amides is 1. The highest BCUT2D eigenvalue weighted by atomic mass is 19.4. The molecular weight excluding hydrogens is 353 g/mol. The Hall–Kier alpha value is -2.13. The number of halogens is 3. The zero-order valence-corrected chi connectivity index (χ0v) is 14.3. The number of aliphatic carboxylic acids is 1. The van der Waals surface area contributed by atoms with Gasteiger partial charge in [0.05, 0.1) is 31.2 Å². The number of hydrogen-bond acceptors (Lipinski definition) is 4. The molecule has 1 fully saturated rings. The average molecular weight is 374 g/mol. The minimum Gasteiger partial charge on any atom is -0.480 e. The molecule has 0 spiro atoms. The van der Waals surface area contributed by atoms with Gasteiger partial charge in [0.25, 0.3) is 0 Å². The second-order valence-electron chi connectivity index (χ2n) is 6.25. The first kappa shape index (κ1) is 20.2. The van der Waals surface area contributed by atoms with Crippen LogP contribution in [0.3, 0.4) is 0 Å². The number of carboxylic acids is 1. The van der Waals surface area contributed by atoms with Crippen LogP contribution in [-0.4, -0.2) is 72.7 Å². The minimum absolute atomic E-state index is 0.0592. The molecule has 0 aliphatic carbocycles. The number of carbonyl (C=O) groups is 2. The Kier molecular flexibility index (Phi) is 6.60. The average Bonchev–Trinajstić information content (AvgIpc) is 2.53. The topological polar surface area (TPSA) is 70.1 Å². The Bertz CT molecular complexity index is 651. The van der Waals surface area contributed by atoms with Gasteiger partial charge in [-0.2, -0.15) is 13.2 Å². The second-order valence-corrected chi connectivity index (χ2v) is 6.25. The summed E-state index contributed by atoms with van der Waals surface area (Å²) in [5.41, 5.74) is -0.865. The van der Waals surface area contributed by atoms with E-state index >= 15 is 0 Å². The molecule has 1 atom stereocenters. The number of rotatable bonds is 6. The Morgan fingerprint density at radius 2 is 2.04 bits per heavy atom. The minimum atomic E-state index is -4.51. The van der Waals surface area contributed by atoms with Crippen LogP contribution in [0.4, 0.5) is 13.2 Å². The lowest BCUT2D eigenvalue weighted by atomic mass is 10.0. The van der Waals surface area contributed by atoms with Crippen LogP contribution < -0.4 is 0 Å². The summed E-state index contributed by atoms with van der Waals surface area (Å²) in [6.07, 6.45) is -5.23. The fourth-order valence-electron chi connectivity index (χ4n) is 2.93. The molecule has 6 nitrogen and oxygen atoms in total. The molecule has 9 heteroatoms. The summed E-state index contributed by atoms with van der Waals surface area (Å²) >= 11 is 0. The van der Waals surface area contributed by atoms with Crippen molar-refractivity contribution in [3.8, 4) is 0 Å². The lowest BCUT2D eigenvalue weighted by Gasteiger charge is -2.34. The number of alkyl halides is 3. The van der Waals surface area contributed by atoms with Gasteiger partial charge in [-0.25, -0.2) is 0 Å². The first-order valence-electron chi connectivity index (χ1n) is 8.11. The predicted molar refractivity (Wildman–Crippen MR) is 86.6 cm³/mol. The quantitative estimate of drug-likeness (QED) is 0.817. The van der Waals surface area contributed by atoms with E-state index in [1.165, 1.54) is 23.1 Å². The summed E-state index contributed by atoms with van der Waals surface area (Å²) in [6.45, 7) is 0.934. The van der Waals surface area contributed by atoms with Gasteiger partial charge in [0.1, 0.15) is 0 Å². The zero-order chi connectivity index (χ0) is 19.3. The normalized spacial score (nSPS) is 18.2. The SMILES string of the molecule is CN(CC(=O)O)C[C@H]1CN(C(=O)Cc2ccccc2C(F)(F)F)CCO1. The van der Waals surface area contributed by atoms with Gasteiger partial charge in [0.2, 0.25) is 5.91 Å². The van der Waals surface area contributed by atoms with E-state index in [-0.39, 0.29) is 37.8 Å². The third-order valence-electron chi connectivity index (χ3n) is 4.08. The molecule has 1 heterocycles. The van der Waals surface area contributed by atoms with Crippen molar-refractivity contribution >= 4 is 11.9 Å². The highest BCUT2D eigenvalue weighted by Gasteiger charge is 2.34. The fraction of sp³-hybridized carbons (Fsp3) is 0.529. The van der Waals surface area contributed by atoms with E-state index in [1.54, 1.807) is 11.9 Å². The number of nitrogens with zero attached hydrogens (tertiary/aromatic N) is 2. The number of carbonyl (C=O) groups excluding carboxylic acids is 1. The number of carboxylic acid groups (broad SMARTS) is 1. The van der Waals surface area contributed by atoms with Gasteiger partial charge in [-0.1, -0.05) is 18.2 Å². The number of morpholine rings is 1. The van der Waals surface area contributed by atoms with Crippen LogP contribution in [-0.2, 0) is 26.9 Å². The van der Waals surface area contributed by atoms with Crippen LogP contribution >= 0.6 is 0 Å². The van der Waals surface area contributed by atoms with Crippen molar-refractivity contribution in [1.29, 1.82) is 0 Å². The lowest BCUT2D eigenvalue weighted by molar-refractivity contribution is -0.143. The van der Waals surface area contributed by atoms with Gasteiger partial charge in [0.15, 0.2) is 0 Å². The van der Waals surface area contributed by atoms with Crippen LogP contribution in [0.15, 0.2) is 24.3 Å². The van der Waals surface area contributed by atoms with Crippen molar-refractivity contribution in [2.45, 2.75) is 18.7 Å². The molecule has 1 aliphatic heterocycles. The van der Waals surface area contributed by atoms with Crippen LogP contribution in [0.5, 0.6) is 0 Å². The first-order chi connectivity index (χ1) is 12.2. The molecule has 2 rings (SSSR count). The van der Waals surface area contributed by atoms with E-state index in [0.717, 1.165) is 6.07 Å². The third kappa shape index (κ3) is 5.70. The van der Waals surface area contributed by atoms with Crippen LogP contribution in [0.25, 0.3) is 0 Å². The smallest absolute Gasteiger partial charge is 0.416 e. The van der Waals surface area contributed by atoms with Gasteiger partial charge in [-0.3, -0.25) is 14.5 Å². The van der Waals surface area contributed by atoms with Crippen molar-refractivity contribution in [1.82, 2.24) is 9.80 Å². The summed E-state index contributed by atoms with van der Waals surface area (Å²) in [7, 11) is 1.62. The molecule has 1 aliphatic rings. The molecule has 26 heavy (non-hydrogen) atoms. The summed E-state index contributed by atoms with van der Waals surface area (Å²) in [5.74, 6) is -1.38. The van der Waals surface area contributed by atoms with Gasteiger partial charge in [0, 0.05) is 19.6 Å². The molecule has 0 unspecified atom stereocenters. The molecule has 1 N–H and O–H groups in total. The third-order valence-corrected chi connectivity index (χ3v) is 4.08. The zero-order valence-electron chi connectivity index (χ0n) is 14.3. The molecule has 1 aromatic rings. The first-order valence-corrected chi connectivity index (χ1v) is 8.11. The van der Waals surface area contributed by atoms with Crippen molar-refractivity contribution in [2.24, 2.45) is 0 Å². The molecule has 1 amide bonds. The molecule has 1 saturated heterocycles. The number of benzene rings is 1. The van der Waals surface area contributed by atoms with E-state index in [1.807, 2.05) is 0 Å². The monoisotopic (exact) mass is 374 g/mol. The molecular formula is C17H21F3N2O4. The van der Waals surface area contributed by atoms with Gasteiger partial charge < -0.3 is 14.7 Å². The Labute approximate surface area is 149 Å². The fourth-order valence-corrected chi connectivity index (χ4v) is 2.93. The van der Waals surface area contributed by atoms with E-state index in [4.69, 9.17) is 9.84 Å². The number of likely N-dealkylation sites (N-methyl/N-ethyl adjacent to an activating group) is 1. The molecule has 1 aromatic carbocycles. The highest BCUT2D eigenvalue weighted by molar-refractivity contribution is 5.79. The summed E-state index contributed by atoms with van der Waals surface area (Å²) in [5, 5.41) is 8.77. The van der Waals surface area contributed by atoms with Crippen molar-refractivity contribution in [3.05, 3.63) is 35.4 Å². The number of ether oxygens (including phenoxy) is 1. The van der Waals surface area contributed by atoms with Gasteiger partial charge >= 0.3 is 12.1 Å². The van der Waals surface area contributed by atoms with Crippen LogP contribution in [0.2, 0.25) is 0 Å². The predicted octanol–water partition coefficient (Wildman–Crippen LogP) is 1.49. The van der Waals surface area contributed by atoms with Crippen LogP contribution in [0, 0.1) is 0 Å². The molecule has 0 bridgehead atoms. The van der Waals surface area contributed by atoms with Crippen molar-refractivity contribution < 1.29 is 32.6 Å². The van der Waals surface area contributed by atoms with Gasteiger partial charge in [-0.05, 0) is 18.7 Å². The standard InChI is InChI=1S/C17H21F3N2O4/c1-21(11-16(24)25)9-13-10-22(6-7-26-13)15(23)8-12-4-2-3-5-14(12)17(18,19)20/h2-5,13H,6-11H2,1H3,(H,24,25)/t13-/m0/s1. The Morgan fingerprint density at radius 3 is 2.69 bits per heavy atom. The molecule has 0 saturated carbocycles. The molecule has 0 aromatic heterocycles. The Morgan fingerprint density at radius 1 is 1.35 bits per heavy atom. The highest BCUT2D eigenvalue weighted by Crippen LogP contribution is 2.32. The van der Waals surface area contributed by atoms with Crippen molar-refractivity contribution in [2.75, 3.05) is 39.8 Å². The summed E-state index contributed by atoms with van der Waals surface area (Å²) in [4.78, 5) is 26.2.